The summed E-state index contributed by atoms with van der Waals surface area (Å²) >= 11 is 0. The zero-order valence-electron chi connectivity index (χ0n) is 14.0. The largest absolute Gasteiger partial charge is 0.460 e. The molecule has 2 atom stereocenters. The molecule has 2 fully saturated rings. The van der Waals surface area contributed by atoms with E-state index >= 15 is 0 Å². The Bertz CT molecular complexity index is 492. The summed E-state index contributed by atoms with van der Waals surface area (Å²) in [7, 11) is 0. The van der Waals surface area contributed by atoms with Gasteiger partial charge >= 0.3 is 12.1 Å². The molecular formula is C16H24F3NO3. The number of alkyl halides is 3. The van der Waals surface area contributed by atoms with E-state index in [9.17, 15) is 22.8 Å². The van der Waals surface area contributed by atoms with Crippen molar-refractivity contribution < 1.29 is 27.5 Å². The van der Waals surface area contributed by atoms with E-state index in [-0.39, 0.29) is 12.5 Å². The third kappa shape index (κ3) is 3.80. The van der Waals surface area contributed by atoms with Crippen molar-refractivity contribution >= 4 is 11.9 Å². The minimum Gasteiger partial charge on any atom is -0.460 e. The number of amides is 1. The molecule has 1 aliphatic carbocycles. The second-order valence-corrected chi connectivity index (χ2v) is 7.91. The van der Waals surface area contributed by atoms with E-state index in [2.05, 4.69) is 0 Å². The first-order chi connectivity index (χ1) is 10.3. The second-order valence-electron chi connectivity index (χ2n) is 7.91. The summed E-state index contributed by atoms with van der Waals surface area (Å²) in [5.41, 5.74) is -1.43. The van der Waals surface area contributed by atoms with Crippen LogP contribution in [0.1, 0.15) is 47.0 Å². The smallest absolute Gasteiger partial charge is 0.394 e. The van der Waals surface area contributed by atoms with Gasteiger partial charge in [-0.05, 0) is 33.6 Å². The fraction of sp³-hybridized carbons (Fsp3) is 0.875. The van der Waals surface area contributed by atoms with Crippen LogP contribution in [0.25, 0.3) is 0 Å². The van der Waals surface area contributed by atoms with Gasteiger partial charge in [0, 0.05) is 18.5 Å². The zero-order valence-corrected chi connectivity index (χ0v) is 14.0. The van der Waals surface area contributed by atoms with E-state index in [0.29, 0.717) is 12.8 Å². The maximum absolute atomic E-state index is 13.3. The van der Waals surface area contributed by atoms with E-state index in [1.165, 1.54) is 4.90 Å². The molecule has 2 rings (SSSR count). The molecule has 1 saturated carbocycles. The Morgan fingerprint density at radius 3 is 2.09 bits per heavy atom. The highest BCUT2D eigenvalue weighted by Crippen LogP contribution is 2.45. The Hall–Kier alpha value is -1.27. The van der Waals surface area contributed by atoms with Crippen LogP contribution in [0.4, 0.5) is 13.2 Å². The molecule has 0 aromatic rings. The molecule has 132 valence electrons. The molecule has 7 heteroatoms. The van der Waals surface area contributed by atoms with Gasteiger partial charge in [0.1, 0.15) is 5.60 Å². The van der Waals surface area contributed by atoms with Crippen molar-refractivity contribution in [3.63, 3.8) is 0 Å². The van der Waals surface area contributed by atoms with Crippen LogP contribution in [-0.4, -0.2) is 41.6 Å². The molecule has 4 nitrogen and oxygen atoms in total. The number of carbonyl (C=O) groups is 2. The Labute approximate surface area is 134 Å². The lowest BCUT2D eigenvalue weighted by molar-refractivity contribution is -0.194. The molecule has 1 amide bonds. The lowest BCUT2D eigenvalue weighted by Crippen LogP contribution is -2.45. The summed E-state index contributed by atoms with van der Waals surface area (Å²) in [5, 5.41) is 0. The third-order valence-electron chi connectivity index (χ3n) is 4.71. The van der Waals surface area contributed by atoms with Crippen molar-refractivity contribution in [3.8, 4) is 0 Å². The molecule has 0 spiro atoms. The van der Waals surface area contributed by atoms with E-state index in [1.54, 1.807) is 27.7 Å². The van der Waals surface area contributed by atoms with Gasteiger partial charge in [0.05, 0.1) is 11.8 Å². The molecule has 0 unspecified atom stereocenters. The molecule has 2 aliphatic rings. The number of nitrogens with zero attached hydrogens (tertiary/aromatic N) is 1. The van der Waals surface area contributed by atoms with Crippen LogP contribution < -0.4 is 0 Å². The third-order valence-corrected chi connectivity index (χ3v) is 4.71. The minimum absolute atomic E-state index is 0.215. The van der Waals surface area contributed by atoms with Gasteiger partial charge in [-0.3, -0.25) is 9.59 Å². The maximum Gasteiger partial charge on any atom is 0.394 e. The molecule has 0 bridgehead atoms. The van der Waals surface area contributed by atoms with Crippen LogP contribution in [0, 0.1) is 17.3 Å². The van der Waals surface area contributed by atoms with Gasteiger partial charge in [0.25, 0.3) is 0 Å². The minimum atomic E-state index is -4.53. The number of hydrogen-bond acceptors (Lipinski definition) is 3. The first-order valence-corrected chi connectivity index (χ1v) is 7.92. The summed E-state index contributed by atoms with van der Waals surface area (Å²) in [4.78, 5) is 25.8. The van der Waals surface area contributed by atoms with Crippen molar-refractivity contribution in [1.29, 1.82) is 0 Å². The topological polar surface area (TPSA) is 46.6 Å². The van der Waals surface area contributed by atoms with E-state index in [1.807, 2.05) is 0 Å². The first kappa shape index (κ1) is 18.1. The van der Waals surface area contributed by atoms with Gasteiger partial charge < -0.3 is 9.64 Å². The van der Waals surface area contributed by atoms with Crippen molar-refractivity contribution in [2.45, 2.75) is 58.7 Å². The molecule has 23 heavy (non-hydrogen) atoms. The van der Waals surface area contributed by atoms with Crippen LogP contribution in [0.15, 0.2) is 0 Å². The van der Waals surface area contributed by atoms with Crippen molar-refractivity contribution in [3.05, 3.63) is 0 Å². The number of halogens is 3. The molecule has 0 N–H and O–H groups in total. The quantitative estimate of drug-likeness (QED) is 0.728. The lowest BCUT2D eigenvalue weighted by Gasteiger charge is -2.39. The maximum atomic E-state index is 13.3. The molecule has 0 aromatic heterocycles. The first-order valence-electron chi connectivity index (χ1n) is 7.92. The highest BCUT2D eigenvalue weighted by molar-refractivity contribution is 5.85. The normalized spacial score (nSPS) is 27.5. The summed E-state index contributed by atoms with van der Waals surface area (Å²) in [6.07, 6.45) is -2.24. The lowest BCUT2D eigenvalue weighted by atomic mass is 9.69. The zero-order chi connectivity index (χ0) is 17.6. The Morgan fingerprint density at radius 2 is 1.70 bits per heavy atom. The number of ether oxygens (including phenoxy) is 1. The Kier molecular flexibility index (Phi) is 4.45. The second kappa shape index (κ2) is 5.67. The van der Waals surface area contributed by atoms with Crippen molar-refractivity contribution in [1.82, 2.24) is 4.90 Å². The Balaban J connectivity index is 2.16. The summed E-state index contributed by atoms with van der Waals surface area (Å²) in [6, 6.07) is 0. The Morgan fingerprint density at radius 1 is 1.13 bits per heavy atom. The average molecular weight is 335 g/mol. The average Bonchev–Trinajstić information content (AvgIpc) is 2.77. The van der Waals surface area contributed by atoms with Gasteiger partial charge in [-0.15, -0.1) is 0 Å². The highest BCUT2D eigenvalue weighted by Gasteiger charge is 2.56. The van der Waals surface area contributed by atoms with Gasteiger partial charge in [0.15, 0.2) is 0 Å². The summed E-state index contributed by atoms with van der Waals surface area (Å²) in [6.45, 7) is 5.94. The predicted molar refractivity (Wildman–Crippen MR) is 77.4 cm³/mol. The predicted octanol–water partition coefficient (Wildman–Crippen LogP) is 3.16. The fourth-order valence-electron chi connectivity index (χ4n) is 3.22. The summed E-state index contributed by atoms with van der Waals surface area (Å²) in [5.74, 6) is -4.36. The van der Waals surface area contributed by atoms with Gasteiger partial charge in [-0.25, -0.2) is 0 Å². The number of carbonyl (C=O) groups excluding carboxylic acids is 2. The molecule has 0 radical (unpaired) electrons. The summed E-state index contributed by atoms with van der Waals surface area (Å²) < 4.78 is 45.0. The van der Waals surface area contributed by atoms with Gasteiger partial charge in [-0.2, -0.15) is 13.2 Å². The van der Waals surface area contributed by atoms with Crippen LogP contribution >= 0.6 is 0 Å². The number of likely N-dealkylation sites (tertiary alicyclic amines) is 1. The standard InChI is InChI=1S/C16H24F3NO3/c1-14(2,3)23-12(21)10-8-20(9-11(10)16(17,18)19)13(22)15(4)6-5-7-15/h10-11H,5-9H2,1-4H3/t10-,11-/m1/s1. The number of esters is 1. The van der Waals surface area contributed by atoms with Crippen LogP contribution in [-0.2, 0) is 14.3 Å². The number of rotatable bonds is 2. The van der Waals surface area contributed by atoms with E-state index < -0.39 is 41.5 Å². The van der Waals surface area contributed by atoms with E-state index in [0.717, 1.165) is 6.42 Å². The number of hydrogen-bond donors (Lipinski definition) is 0. The molecule has 0 aromatic carbocycles. The van der Waals surface area contributed by atoms with E-state index in [4.69, 9.17) is 4.74 Å². The molecular weight excluding hydrogens is 311 g/mol. The van der Waals surface area contributed by atoms with Gasteiger partial charge in [0.2, 0.25) is 5.91 Å². The van der Waals surface area contributed by atoms with Crippen molar-refractivity contribution in [2.75, 3.05) is 13.1 Å². The highest BCUT2D eigenvalue weighted by atomic mass is 19.4. The molecule has 1 heterocycles. The molecule has 1 aliphatic heterocycles. The van der Waals surface area contributed by atoms with Crippen LogP contribution in [0.5, 0.6) is 0 Å². The van der Waals surface area contributed by atoms with Crippen molar-refractivity contribution in [2.24, 2.45) is 17.3 Å². The van der Waals surface area contributed by atoms with Crippen LogP contribution in [0.3, 0.4) is 0 Å². The van der Waals surface area contributed by atoms with Gasteiger partial charge in [-0.1, -0.05) is 13.3 Å². The molecule has 1 saturated heterocycles. The van der Waals surface area contributed by atoms with Crippen LogP contribution in [0.2, 0.25) is 0 Å². The fourth-order valence-corrected chi connectivity index (χ4v) is 3.22. The monoisotopic (exact) mass is 335 g/mol. The SMILES string of the molecule is CC(C)(C)OC(=O)[C@@H]1CN(C(=O)C2(C)CCC2)C[C@H]1C(F)(F)F.